The van der Waals surface area contributed by atoms with E-state index in [2.05, 4.69) is 4.90 Å². The molecule has 0 atom stereocenters. The number of nitrogen functional groups attached to an aromatic ring is 1. The average molecular weight is 242 g/mol. The van der Waals surface area contributed by atoms with Gasteiger partial charge in [0.25, 0.3) is 0 Å². The normalized spacial score (nSPS) is 10.3. The number of hydrogen-bond acceptors (Lipinski definition) is 3. The Balaban J connectivity index is 1.96. The summed E-state index contributed by atoms with van der Waals surface area (Å²) in [7, 11) is 2.02. The molecule has 0 fully saturated rings. The topological polar surface area (TPSA) is 49.5 Å². The Morgan fingerprint density at radius 3 is 2.50 bits per heavy atom. The molecule has 0 heterocycles. The number of anilines is 2. The number of aromatic hydroxyl groups is 1. The molecule has 0 radical (unpaired) electrons. The number of benzene rings is 2. The van der Waals surface area contributed by atoms with Crippen molar-refractivity contribution in [2.24, 2.45) is 0 Å². The van der Waals surface area contributed by atoms with Crippen LogP contribution in [0.15, 0.2) is 48.5 Å². The average Bonchev–Trinajstić information content (AvgIpc) is 2.38. The van der Waals surface area contributed by atoms with E-state index >= 15 is 0 Å². The van der Waals surface area contributed by atoms with Gasteiger partial charge in [0.15, 0.2) is 0 Å². The highest BCUT2D eigenvalue weighted by atomic mass is 16.3. The van der Waals surface area contributed by atoms with Crippen molar-refractivity contribution in [3.05, 3.63) is 54.1 Å². The highest BCUT2D eigenvalue weighted by Crippen LogP contribution is 2.19. The van der Waals surface area contributed by atoms with Gasteiger partial charge in [-0.3, -0.25) is 0 Å². The van der Waals surface area contributed by atoms with Crippen LogP contribution < -0.4 is 10.6 Å². The van der Waals surface area contributed by atoms with Gasteiger partial charge in [-0.25, -0.2) is 0 Å². The molecular weight excluding hydrogens is 224 g/mol. The van der Waals surface area contributed by atoms with E-state index in [1.165, 1.54) is 5.56 Å². The molecule has 2 aromatic rings. The van der Waals surface area contributed by atoms with Gasteiger partial charge < -0.3 is 15.7 Å². The maximum atomic E-state index is 9.44. The third-order valence-electron chi connectivity index (χ3n) is 2.99. The summed E-state index contributed by atoms with van der Waals surface area (Å²) in [5.41, 5.74) is 8.72. The van der Waals surface area contributed by atoms with E-state index in [0.717, 1.165) is 24.3 Å². The van der Waals surface area contributed by atoms with Gasteiger partial charge in [0.2, 0.25) is 0 Å². The van der Waals surface area contributed by atoms with Crippen LogP contribution in [0.5, 0.6) is 5.75 Å². The summed E-state index contributed by atoms with van der Waals surface area (Å²) >= 11 is 0. The summed E-state index contributed by atoms with van der Waals surface area (Å²) in [6.07, 6.45) is 0.951. The monoisotopic (exact) mass is 242 g/mol. The first kappa shape index (κ1) is 12.3. The van der Waals surface area contributed by atoms with E-state index in [4.69, 9.17) is 5.73 Å². The van der Waals surface area contributed by atoms with Crippen molar-refractivity contribution < 1.29 is 5.11 Å². The van der Waals surface area contributed by atoms with Crippen LogP contribution in [-0.2, 0) is 6.42 Å². The van der Waals surface area contributed by atoms with Crippen LogP contribution in [0.1, 0.15) is 5.56 Å². The maximum absolute atomic E-state index is 9.44. The van der Waals surface area contributed by atoms with Crippen molar-refractivity contribution >= 4 is 11.4 Å². The second-order valence-electron chi connectivity index (χ2n) is 4.43. The van der Waals surface area contributed by atoms with Gasteiger partial charge in [0.05, 0.1) is 0 Å². The van der Waals surface area contributed by atoms with Crippen LogP contribution in [0.3, 0.4) is 0 Å². The van der Waals surface area contributed by atoms with Gasteiger partial charge in [-0.2, -0.15) is 0 Å². The lowest BCUT2D eigenvalue weighted by atomic mass is 10.1. The lowest BCUT2D eigenvalue weighted by Crippen LogP contribution is -2.20. The standard InChI is InChI=1S/C15H18N2O/c1-17(14-3-2-4-15(18)11-14)10-9-12-5-7-13(16)8-6-12/h2-8,11,18H,9-10,16H2,1H3. The molecule has 2 aromatic carbocycles. The van der Waals surface area contributed by atoms with Crippen molar-refractivity contribution in [1.82, 2.24) is 0 Å². The minimum absolute atomic E-state index is 0.298. The Kier molecular flexibility index (Phi) is 3.72. The van der Waals surface area contributed by atoms with E-state index in [9.17, 15) is 5.11 Å². The predicted octanol–water partition coefficient (Wildman–Crippen LogP) is 2.65. The zero-order valence-corrected chi connectivity index (χ0v) is 10.5. The number of hydrogen-bond donors (Lipinski definition) is 2. The number of likely N-dealkylation sites (N-methyl/N-ethyl adjacent to an activating group) is 1. The Morgan fingerprint density at radius 2 is 1.83 bits per heavy atom. The summed E-state index contributed by atoms with van der Waals surface area (Å²) < 4.78 is 0. The summed E-state index contributed by atoms with van der Waals surface area (Å²) in [5, 5.41) is 9.44. The highest BCUT2D eigenvalue weighted by Gasteiger charge is 2.02. The lowest BCUT2D eigenvalue weighted by molar-refractivity contribution is 0.475. The molecule has 0 aliphatic heterocycles. The summed E-state index contributed by atoms with van der Waals surface area (Å²) in [5.74, 6) is 0.298. The first-order valence-corrected chi connectivity index (χ1v) is 6.00. The van der Waals surface area contributed by atoms with Crippen molar-refractivity contribution in [3.8, 4) is 5.75 Å². The zero-order valence-electron chi connectivity index (χ0n) is 10.5. The molecule has 0 unspecified atom stereocenters. The molecule has 94 valence electrons. The molecule has 2 rings (SSSR count). The maximum Gasteiger partial charge on any atom is 0.117 e. The van der Waals surface area contributed by atoms with Crippen LogP contribution >= 0.6 is 0 Å². The van der Waals surface area contributed by atoms with Crippen molar-refractivity contribution in [1.29, 1.82) is 0 Å². The van der Waals surface area contributed by atoms with E-state index in [-0.39, 0.29) is 0 Å². The molecule has 0 aliphatic carbocycles. The highest BCUT2D eigenvalue weighted by molar-refractivity contribution is 5.49. The molecule has 3 nitrogen and oxygen atoms in total. The van der Waals surface area contributed by atoms with Crippen molar-refractivity contribution in [3.63, 3.8) is 0 Å². The largest absolute Gasteiger partial charge is 0.508 e. The fraction of sp³-hybridized carbons (Fsp3) is 0.200. The van der Waals surface area contributed by atoms with Gasteiger partial charge in [-0.1, -0.05) is 18.2 Å². The number of nitrogens with zero attached hydrogens (tertiary/aromatic N) is 1. The van der Waals surface area contributed by atoms with Crippen molar-refractivity contribution in [2.45, 2.75) is 6.42 Å². The first-order chi connectivity index (χ1) is 8.65. The van der Waals surface area contributed by atoms with E-state index in [1.54, 1.807) is 12.1 Å². The van der Waals surface area contributed by atoms with Gasteiger partial charge >= 0.3 is 0 Å². The fourth-order valence-electron chi connectivity index (χ4n) is 1.84. The molecule has 0 amide bonds. The minimum Gasteiger partial charge on any atom is -0.508 e. The zero-order chi connectivity index (χ0) is 13.0. The Labute approximate surface area is 107 Å². The molecule has 0 saturated heterocycles. The van der Waals surface area contributed by atoms with E-state index < -0.39 is 0 Å². The van der Waals surface area contributed by atoms with Crippen LogP contribution in [0.25, 0.3) is 0 Å². The number of phenols is 1. The van der Waals surface area contributed by atoms with Crippen LogP contribution in [0.4, 0.5) is 11.4 Å². The molecule has 3 N–H and O–H groups in total. The van der Waals surface area contributed by atoms with Gasteiger partial charge in [-0.15, -0.1) is 0 Å². The quantitative estimate of drug-likeness (QED) is 0.810. The van der Waals surface area contributed by atoms with Crippen molar-refractivity contribution in [2.75, 3.05) is 24.2 Å². The molecule has 0 spiro atoms. The number of rotatable bonds is 4. The molecular formula is C15H18N2O. The lowest BCUT2D eigenvalue weighted by Gasteiger charge is -2.19. The van der Waals surface area contributed by atoms with Gasteiger partial charge in [0, 0.05) is 31.0 Å². The van der Waals surface area contributed by atoms with Crippen LogP contribution in [-0.4, -0.2) is 18.7 Å². The van der Waals surface area contributed by atoms with E-state index in [1.807, 2.05) is 43.4 Å². The molecule has 0 aromatic heterocycles. The molecule has 3 heteroatoms. The summed E-state index contributed by atoms with van der Waals surface area (Å²) in [4.78, 5) is 2.12. The first-order valence-electron chi connectivity index (χ1n) is 6.00. The second kappa shape index (κ2) is 5.45. The second-order valence-corrected chi connectivity index (χ2v) is 4.43. The molecule has 18 heavy (non-hydrogen) atoms. The summed E-state index contributed by atoms with van der Waals surface area (Å²) in [6, 6.07) is 15.2. The molecule has 0 bridgehead atoms. The molecule has 0 aliphatic rings. The fourth-order valence-corrected chi connectivity index (χ4v) is 1.84. The Bertz CT molecular complexity index is 508. The number of nitrogens with two attached hydrogens (primary N) is 1. The molecule has 0 saturated carbocycles. The van der Waals surface area contributed by atoms with E-state index in [0.29, 0.717) is 5.75 Å². The summed E-state index contributed by atoms with van der Waals surface area (Å²) in [6.45, 7) is 0.896. The van der Waals surface area contributed by atoms with Crippen LogP contribution in [0, 0.1) is 0 Å². The van der Waals surface area contributed by atoms with Crippen LogP contribution in [0.2, 0.25) is 0 Å². The third kappa shape index (κ3) is 3.17. The smallest absolute Gasteiger partial charge is 0.117 e. The third-order valence-corrected chi connectivity index (χ3v) is 2.99. The SMILES string of the molecule is CN(CCc1ccc(N)cc1)c1cccc(O)c1. The minimum atomic E-state index is 0.298. The number of phenolic OH excluding ortho intramolecular Hbond substituents is 1. The Hall–Kier alpha value is -2.16. The predicted molar refractivity (Wildman–Crippen MR) is 75.9 cm³/mol. The van der Waals surface area contributed by atoms with Gasteiger partial charge in [-0.05, 0) is 36.2 Å². The Morgan fingerprint density at radius 1 is 1.11 bits per heavy atom. The van der Waals surface area contributed by atoms with Gasteiger partial charge in [0.1, 0.15) is 5.75 Å².